The second kappa shape index (κ2) is 8.01. The lowest BCUT2D eigenvalue weighted by atomic mass is 10.2. The number of benzene rings is 1. The molecule has 27 heavy (non-hydrogen) atoms. The van der Waals surface area contributed by atoms with Gasteiger partial charge in [-0.3, -0.25) is 9.59 Å². The molecule has 1 N–H and O–H groups in total. The number of nitriles is 1. The van der Waals surface area contributed by atoms with Gasteiger partial charge < -0.3 is 15.0 Å². The Morgan fingerprint density at radius 3 is 2.67 bits per heavy atom. The molecule has 0 aliphatic carbocycles. The van der Waals surface area contributed by atoms with Gasteiger partial charge >= 0.3 is 5.97 Å². The first-order chi connectivity index (χ1) is 13.0. The Kier molecular flexibility index (Phi) is 5.52. The van der Waals surface area contributed by atoms with Gasteiger partial charge in [0, 0.05) is 18.7 Å². The summed E-state index contributed by atoms with van der Waals surface area (Å²) in [6.07, 6.45) is 0.340. The lowest BCUT2D eigenvalue weighted by Gasteiger charge is -2.16. The number of carbonyl (C=O) groups excluding carboxylic acids is 3. The monoisotopic (exact) mass is 383 g/mol. The zero-order valence-corrected chi connectivity index (χ0v) is 15.4. The van der Waals surface area contributed by atoms with Crippen LogP contribution in [0, 0.1) is 11.3 Å². The Morgan fingerprint density at radius 1 is 1.30 bits per heavy atom. The molecule has 2 aromatic rings. The molecule has 0 spiro atoms. The summed E-state index contributed by atoms with van der Waals surface area (Å²) in [6, 6.07) is 10.1. The molecule has 0 unspecified atom stereocenters. The van der Waals surface area contributed by atoms with Crippen LogP contribution in [0.1, 0.15) is 35.7 Å². The number of amides is 2. The SMILES string of the molecule is C[C@H](OC(=O)c1ccc(N2CCCC2=O)cc1)C(=O)Nc1sccc1C#N. The molecule has 1 saturated heterocycles. The highest BCUT2D eigenvalue weighted by Crippen LogP contribution is 2.23. The predicted octanol–water partition coefficient (Wildman–Crippen LogP) is 2.93. The molecule has 0 radical (unpaired) electrons. The number of hydrogen-bond donors (Lipinski definition) is 1. The van der Waals surface area contributed by atoms with E-state index in [-0.39, 0.29) is 5.91 Å². The second-order valence-corrected chi connectivity index (χ2v) is 6.92. The highest BCUT2D eigenvalue weighted by atomic mass is 32.1. The summed E-state index contributed by atoms with van der Waals surface area (Å²) in [4.78, 5) is 37.9. The highest BCUT2D eigenvalue weighted by Gasteiger charge is 2.23. The molecule has 3 rings (SSSR count). The van der Waals surface area contributed by atoms with Gasteiger partial charge in [0.15, 0.2) is 6.10 Å². The summed E-state index contributed by atoms with van der Waals surface area (Å²) in [6.45, 7) is 2.14. The first-order valence-corrected chi connectivity index (χ1v) is 9.27. The maximum atomic E-state index is 12.2. The normalized spacial score (nSPS) is 14.5. The van der Waals surface area contributed by atoms with Crippen molar-refractivity contribution in [2.24, 2.45) is 0 Å². The van der Waals surface area contributed by atoms with Crippen molar-refractivity contribution in [1.82, 2.24) is 0 Å². The molecule has 1 fully saturated rings. The van der Waals surface area contributed by atoms with Crippen LogP contribution in [-0.2, 0) is 14.3 Å². The average Bonchev–Trinajstić information content (AvgIpc) is 3.30. The van der Waals surface area contributed by atoms with Crippen LogP contribution in [0.3, 0.4) is 0 Å². The number of anilines is 2. The topological polar surface area (TPSA) is 99.5 Å². The van der Waals surface area contributed by atoms with Gasteiger partial charge in [0.2, 0.25) is 5.91 Å². The van der Waals surface area contributed by atoms with Gasteiger partial charge in [-0.15, -0.1) is 11.3 Å². The van der Waals surface area contributed by atoms with Gasteiger partial charge in [-0.25, -0.2) is 4.79 Å². The largest absolute Gasteiger partial charge is 0.449 e. The molecule has 1 aromatic carbocycles. The number of ether oxygens (including phenoxy) is 1. The van der Waals surface area contributed by atoms with E-state index in [4.69, 9.17) is 10.00 Å². The summed E-state index contributed by atoms with van der Waals surface area (Å²) in [5.41, 5.74) is 1.39. The van der Waals surface area contributed by atoms with Crippen LogP contribution in [-0.4, -0.2) is 30.4 Å². The minimum absolute atomic E-state index is 0.0703. The molecule has 138 valence electrons. The van der Waals surface area contributed by atoms with E-state index in [0.29, 0.717) is 29.1 Å². The van der Waals surface area contributed by atoms with Crippen LogP contribution in [0.4, 0.5) is 10.7 Å². The minimum Gasteiger partial charge on any atom is -0.449 e. The van der Waals surface area contributed by atoms with E-state index < -0.39 is 18.0 Å². The van der Waals surface area contributed by atoms with Crippen molar-refractivity contribution in [2.45, 2.75) is 25.9 Å². The van der Waals surface area contributed by atoms with Crippen molar-refractivity contribution in [3.8, 4) is 6.07 Å². The molecular weight excluding hydrogens is 366 g/mol. The Balaban J connectivity index is 1.60. The number of esters is 1. The Labute approximate surface area is 160 Å². The van der Waals surface area contributed by atoms with Crippen LogP contribution in [0.15, 0.2) is 35.7 Å². The average molecular weight is 383 g/mol. The van der Waals surface area contributed by atoms with E-state index in [9.17, 15) is 14.4 Å². The second-order valence-electron chi connectivity index (χ2n) is 6.01. The molecule has 8 heteroatoms. The first kappa shape index (κ1) is 18.6. The van der Waals surface area contributed by atoms with E-state index in [1.54, 1.807) is 40.6 Å². The summed E-state index contributed by atoms with van der Waals surface area (Å²) >= 11 is 1.22. The lowest BCUT2D eigenvalue weighted by molar-refractivity contribution is -0.123. The third kappa shape index (κ3) is 4.15. The molecular formula is C19H17N3O4S. The maximum absolute atomic E-state index is 12.2. The fourth-order valence-electron chi connectivity index (χ4n) is 2.69. The lowest BCUT2D eigenvalue weighted by Crippen LogP contribution is -2.30. The minimum atomic E-state index is -1.02. The number of carbonyl (C=O) groups is 3. The van der Waals surface area contributed by atoms with Crippen molar-refractivity contribution in [3.05, 3.63) is 46.8 Å². The summed E-state index contributed by atoms with van der Waals surface area (Å²) in [5.74, 6) is -1.08. The molecule has 0 bridgehead atoms. The smallest absolute Gasteiger partial charge is 0.338 e. The van der Waals surface area contributed by atoms with E-state index >= 15 is 0 Å². The van der Waals surface area contributed by atoms with Gasteiger partial charge in [-0.1, -0.05) is 0 Å². The molecule has 2 amide bonds. The number of nitrogens with one attached hydrogen (secondary N) is 1. The molecule has 1 atom stereocenters. The first-order valence-electron chi connectivity index (χ1n) is 8.39. The Hall–Kier alpha value is -3.18. The number of nitrogens with zero attached hydrogens (tertiary/aromatic N) is 2. The number of thiophene rings is 1. The fraction of sp³-hybridized carbons (Fsp3) is 0.263. The maximum Gasteiger partial charge on any atom is 0.338 e. The van der Waals surface area contributed by atoms with Crippen molar-refractivity contribution < 1.29 is 19.1 Å². The van der Waals surface area contributed by atoms with E-state index in [1.165, 1.54) is 18.3 Å². The van der Waals surface area contributed by atoms with Gasteiger partial charge in [0.25, 0.3) is 5.91 Å². The van der Waals surface area contributed by atoms with Crippen LogP contribution in [0.2, 0.25) is 0 Å². The van der Waals surface area contributed by atoms with Crippen LogP contribution < -0.4 is 10.2 Å². The van der Waals surface area contributed by atoms with Crippen molar-refractivity contribution in [1.29, 1.82) is 5.26 Å². The molecule has 7 nitrogen and oxygen atoms in total. The zero-order valence-electron chi connectivity index (χ0n) is 14.6. The van der Waals surface area contributed by atoms with Gasteiger partial charge in [-0.05, 0) is 49.1 Å². The fourth-order valence-corrected chi connectivity index (χ4v) is 3.43. The third-order valence-corrected chi connectivity index (χ3v) is 4.99. The molecule has 1 aliphatic heterocycles. The molecule has 2 heterocycles. The summed E-state index contributed by atoms with van der Waals surface area (Å²) in [5, 5.41) is 13.7. The van der Waals surface area contributed by atoms with E-state index in [0.717, 1.165) is 12.1 Å². The van der Waals surface area contributed by atoms with Crippen LogP contribution >= 0.6 is 11.3 Å². The number of rotatable bonds is 5. The van der Waals surface area contributed by atoms with Crippen molar-refractivity contribution in [2.75, 3.05) is 16.8 Å². The zero-order chi connectivity index (χ0) is 19.4. The standard InChI is InChI=1S/C19H17N3O4S/c1-12(17(24)21-18-14(11-20)8-10-27-18)26-19(25)13-4-6-15(7-5-13)22-9-2-3-16(22)23/h4-8,10,12H,2-3,9H2,1H3,(H,21,24)/t12-/m0/s1. The van der Waals surface area contributed by atoms with Crippen molar-refractivity contribution in [3.63, 3.8) is 0 Å². The van der Waals surface area contributed by atoms with Crippen molar-refractivity contribution >= 4 is 39.8 Å². The molecule has 1 aliphatic rings. The third-order valence-electron chi connectivity index (χ3n) is 4.16. The summed E-state index contributed by atoms with van der Waals surface area (Å²) in [7, 11) is 0. The van der Waals surface area contributed by atoms with Gasteiger partial charge in [0.05, 0.1) is 11.1 Å². The quantitative estimate of drug-likeness (QED) is 0.800. The van der Waals surface area contributed by atoms with Crippen LogP contribution in [0.5, 0.6) is 0 Å². The Bertz CT molecular complexity index is 914. The molecule has 0 saturated carbocycles. The Morgan fingerprint density at radius 2 is 2.04 bits per heavy atom. The van der Waals surface area contributed by atoms with E-state index in [2.05, 4.69) is 5.32 Å². The number of hydrogen-bond acceptors (Lipinski definition) is 6. The van der Waals surface area contributed by atoms with Gasteiger partial charge in [-0.2, -0.15) is 5.26 Å². The van der Waals surface area contributed by atoms with Gasteiger partial charge in [0.1, 0.15) is 11.1 Å². The van der Waals surface area contributed by atoms with Crippen LogP contribution in [0.25, 0.3) is 0 Å². The summed E-state index contributed by atoms with van der Waals surface area (Å²) < 4.78 is 5.20. The van der Waals surface area contributed by atoms with E-state index in [1.807, 2.05) is 6.07 Å². The predicted molar refractivity (Wildman–Crippen MR) is 101 cm³/mol. The molecule has 1 aromatic heterocycles. The highest BCUT2D eigenvalue weighted by molar-refractivity contribution is 7.14.